The fraction of sp³-hybridized carbons (Fsp3) is 0.333. The monoisotopic (exact) mass is 248 g/mol. The molecular weight excluding hydrogens is 232 g/mol. The Kier molecular flexibility index (Phi) is 3.78. The van der Waals surface area contributed by atoms with E-state index >= 15 is 0 Å². The molecule has 2 aromatic rings. The molecule has 0 aliphatic carbocycles. The van der Waals surface area contributed by atoms with E-state index in [0.717, 1.165) is 11.3 Å². The lowest BCUT2D eigenvalue weighted by Crippen LogP contribution is -2.10. The Morgan fingerprint density at radius 1 is 1.28 bits per heavy atom. The third-order valence-electron chi connectivity index (χ3n) is 2.58. The van der Waals surface area contributed by atoms with Gasteiger partial charge in [0, 0.05) is 12.1 Å². The SMILES string of the molecule is COc1cccc(-c2cn(CCN)nn2)c1OC. The van der Waals surface area contributed by atoms with Crippen molar-refractivity contribution in [2.24, 2.45) is 5.73 Å². The zero-order valence-electron chi connectivity index (χ0n) is 10.5. The van der Waals surface area contributed by atoms with E-state index in [9.17, 15) is 0 Å². The molecule has 1 aromatic carbocycles. The summed E-state index contributed by atoms with van der Waals surface area (Å²) in [5, 5.41) is 8.11. The number of hydrogen-bond acceptors (Lipinski definition) is 5. The van der Waals surface area contributed by atoms with Crippen LogP contribution in [-0.4, -0.2) is 35.8 Å². The normalized spacial score (nSPS) is 10.4. The number of hydrogen-bond donors (Lipinski definition) is 1. The van der Waals surface area contributed by atoms with E-state index in [2.05, 4.69) is 10.3 Å². The van der Waals surface area contributed by atoms with Crippen molar-refractivity contribution in [3.05, 3.63) is 24.4 Å². The lowest BCUT2D eigenvalue weighted by molar-refractivity contribution is 0.356. The molecule has 18 heavy (non-hydrogen) atoms. The highest BCUT2D eigenvalue weighted by Crippen LogP contribution is 2.36. The molecule has 2 N–H and O–H groups in total. The summed E-state index contributed by atoms with van der Waals surface area (Å²) >= 11 is 0. The first-order valence-electron chi connectivity index (χ1n) is 5.61. The Morgan fingerprint density at radius 2 is 2.11 bits per heavy atom. The molecule has 0 bridgehead atoms. The van der Waals surface area contributed by atoms with E-state index in [0.29, 0.717) is 24.6 Å². The van der Waals surface area contributed by atoms with Crippen LogP contribution in [0.2, 0.25) is 0 Å². The van der Waals surface area contributed by atoms with Crippen molar-refractivity contribution in [3.8, 4) is 22.8 Å². The van der Waals surface area contributed by atoms with Gasteiger partial charge in [-0.3, -0.25) is 4.68 Å². The number of ether oxygens (including phenoxy) is 2. The topological polar surface area (TPSA) is 75.2 Å². The zero-order valence-corrected chi connectivity index (χ0v) is 10.5. The second kappa shape index (κ2) is 5.50. The molecule has 2 rings (SSSR count). The van der Waals surface area contributed by atoms with E-state index in [1.165, 1.54) is 0 Å². The highest BCUT2D eigenvalue weighted by molar-refractivity contribution is 5.70. The van der Waals surface area contributed by atoms with Crippen LogP contribution in [0.3, 0.4) is 0 Å². The third-order valence-corrected chi connectivity index (χ3v) is 2.58. The predicted molar refractivity (Wildman–Crippen MR) is 67.6 cm³/mol. The van der Waals surface area contributed by atoms with Crippen molar-refractivity contribution >= 4 is 0 Å². The molecule has 0 saturated carbocycles. The van der Waals surface area contributed by atoms with Crippen LogP contribution < -0.4 is 15.2 Å². The molecule has 96 valence electrons. The molecule has 0 saturated heterocycles. The van der Waals surface area contributed by atoms with Crippen molar-refractivity contribution in [2.75, 3.05) is 20.8 Å². The molecule has 0 aliphatic heterocycles. The summed E-state index contributed by atoms with van der Waals surface area (Å²) in [6.07, 6.45) is 1.84. The van der Waals surface area contributed by atoms with Gasteiger partial charge >= 0.3 is 0 Å². The average molecular weight is 248 g/mol. The minimum absolute atomic E-state index is 0.526. The van der Waals surface area contributed by atoms with Crippen LogP contribution in [-0.2, 0) is 6.54 Å². The first-order valence-corrected chi connectivity index (χ1v) is 5.61. The Morgan fingerprint density at radius 3 is 2.78 bits per heavy atom. The van der Waals surface area contributed by atoms with Crippen molar-refractivity contribution in [1.29, 1.82) is 0 Å². The second-order valence-electron chi connectivity index (χ2n) is 3.70. The highest BCUT2D eigenvalue weighted by Gasteiger charge is 2.13. The van der Waals surface area contributed by atoms with E-state index in [-0.39, 0.29) is 0 Å². The number of para-hydroxylation sites is 1. The number of rotatable bonds is 5. The minimum atomic E-state index is 0.526. The number of benzene rings is 1. The van der Waals surface area contributed by atoms with Gasteiger partial charge in [-0.05, 0) is 12.1 Å². The molecule has 0 unspecified atom stereocenters. The van der Waals surface area contributed by atoms with Crippen molar-refractivity contribution in [1.82, 2.24) is 15.0 Å². The summed E-state index contributed by atoms with van der Waals surface area (Å²) in [5.74, 6) is 1.32. The fourth-order valence-electron chi connectivity index (χ4n) is 1.75. The number of nitrogens with two attached hydrogens (primary N) is 1. The van der Waals surface area contributed by atoms with Crippen LogP contribution >= 0.6 is 0 Å². The summed E-state index contributed by atoms with van der Waals surface area (Å²) in [7, 11) is 3.21. The van der Waals surface area contributed by atoms with Gasteiger partial charge in [-0.25, -0.2) is 0 Å². The van der Waals surface area contributed by atoms with E-state index in [1.807, 2.05) is 24.4 Å². The third kappa shape index (κ3) is 2.28. The molecular formula is C12H16N4O2. The van der Waals surface area contributed by atoms with Crippen molar-refractivity contribution in [3.63, 3.8) is 0 Å². The predicted octanol–water partition coefficient (Wildman–Crippen LogP) is 0.921. The first kappa shape index (κ1) is 12.4. The van der Waals surface area contributed by atoms with Crippen molar-refractivity contribution in [2.45, 2.75) is 6.54 Å². The molecule has 0 aliphatic rings. The summed E-state index contributed by atoms with van der Waals surface area (Å²) in [4.78, 5) is 0. The Hall–Kier alpha value is -2.08. The summed E-state index contributed by atoms with van der Waals surface area (Å²) in [5.41, 5.74) is 7.06. The van der Waals surface area contributed by atoms with E-state index in [1.54, 1.807) is 18.9 Å². The van der Waals surface area contributed by atoms with Gasteiger partial charge in [0.1, 0.15) is 5.69 Å². The molecule has 0 radical (unpaired) electrons. The summed E-state index contributed by atoms with van der Waals surface area (Å²) < 4.78 is 12.3. The molecule has 0 amide bonds. The molecule has 6 heteroatoms. The van der Waals surface area contributed by atoms with Gasteiger partial charge in [0.25, 0.3) is 0 Å². The summed E-state index contributed by atoms with van der Waals surface area (Å²) in [6.45, 7) is 1.16. The van der Waals surface area contributed by atoms with E-state index in [4.69, 9.17) is 15.2 Å². The largest absolute Gasteiger partial charge is 0.493 e. The lowest BCUT2D eigenvalue weighted by Gasteiger charge is -2.10. The maximum atomic E-state index is 5.48. The smallest absolute Gasteiger partial charge is 0.170 e. The van der Waals surface area contributed by atoms with Gasteiger partial charge in [0.2, 0.25) is 0 Å². The van der Waals surface area contributed by atoms with Crippen LogP contribution in [0.25, 0.3) is 11.3 Å². The van der Waals surface area contributed by atoms with E-state index < -0.39 is 0 Å². The number of aromatic nitrogens is 3. The second-order valence-corrected chi connectivity index (χ2v) is 3.70. The van der Waals surface area contributed by atoms with Gasteiger partial charge in [-0.2, -0.15) is 0 Å². The molecule has 0 atom stereocenters. The van der Waals surface area contributed by atoms with Crippen LogP contribution in [0, 0.1) is 0 Å². The molecule has 0 spiro atoms. The van der Waals surface area contributed by atoms with Crippen LogP contribution in [0.15, 0.2) is 24.4 Å². The average Bonchev–Trinajstić information content (AvgIpc) is 2.86. The Labute approximate surface area is 105 Å². The Bertz CT molecular complexity index is 525. The highest BCUT2D eigenvalue weighted by atomic mass is 16.5. The maximum absolute atomic E-state index is 5.48. The van der Waals surface area contributed by atoms with Crippen LogP contribution in [0.1, 0.15) is 0 Å². The van der Waals surface area contributed by atoms with Gasteiger partial charge in [-0.1, -0.05) is 11.3 Å². The first-order chi connectivity index (χ1) is 8.80. The molecule has 1 aromatic heterocycles. The summed E-state index contributed by atoms with van der Waals surface area (Å²) in [6, 6.07) is 5.64. The zero-order chi connectivity index (χ0) is 13.0. The van der Waals surface area contributed by atoms with Crippen LogP contribution in [0.4, 0.5) is 0 Å². The number of methoxy groups -OCH3 is 2. The van der Waals surface area contributed by atoms with Crippen molar-refractivity contribution < 1.29 is 9.47 Å². The maximum Gasteiger partial charge on any atom is 0.170 e. The molecule has 6 nitrogen and oxygen atoms in total. The molecule has 1 heterocycles. The number of nitrogens with zero attached hydrogens (tertiary/aromatic N) is 3. The standard InChI is InChI=1S/C12H16N4O2/c1-17-11-5-3-4-9(12(11)18-2)10-8-16(7-6-13)15-14-10/h3-5,8H,6-7,13H2,1-2H3. The Balaban J connectivity index is 2.42. The quantitative estimate of drug-likeness (QED) is 0.851. The minimum Gasteiger partial charge on any atom is -0.493 e. The van der Waals surface area contributed by atoms with Gasteiger partial charge < -0.3 is 15.2 Å². The van der Waals surface area contributed by atoms with Gasteiger partial charge in [0.05, 0.1) is 27.0 Å². The van der Waals surface area contributed by atoms with Gasteiger partial charge in [-0.15, -0.1) is 5.10 Å². The van der Waals surface area contributed by atoms with Gasteiger partial charge in [0.15, 0.2) is 11.5 Å². The fourth-order valence-corrected chi connectivity index (χ4v) is 1.75. The molecule has 0 fully saturated rings. The lowest BCUT2D eigenvalue weighted by atomic mass is 10.1. The van der Waals surface area contributed by atoms with Crippen LogP contribution in [0.5, 0.6) is 11.5 Å².